The zero-order valence-corrected chi connectivity index (χ0v) is 16.2. The summed E-state index contributed by atoms with van der Waals surface area (Å²) in [6.07, 6.45) is 0.276. The fraction of sp³-hybridized carbons (Fsp3) is 0.316. The van der Waals surface area contributed by atoms with Gasteiger partial charge in [-0.1, -0.05) is 37.3 Å². The Morgan fingerprint density at radius 1 is 1.15 bits per heavy atom. The topological polar surface area (TPSA) is 75.7 Å². The number of anilines is 1. The minimum absolute atomic E-state index is 0.0379. The molecule has 26 heavy (non-hydrogen) atoms. The van der Waals surface area contributed by atoms with Crippen LogP contribution in [0.1, 0.15) is 24.8 Å². The van der Waals surface area contributed by atoms with Crippen molar-refractivity contribution in [1.29, 1.82) is 0 Å². The number of nitrogens with zero attached hydrogens (tertiary/aromatic N) is 1. The summed E-state index contributed by atoms with van der Waals surface area (Å²) in [6.45, 7) is 1.97. The van der Waals surface area contributed by atoms with Gasteiger partial charge in [0, 0.05) is 20.5 Å². The molecule has 2 aromatic carbocycles. The van der Waals surface area contributed by atoms with Crippen molar-refractivity contribution in [2.75, 3.05) is 26.5 Å². The molecule has 0 aromatic heterocycles. The van der Waals surface area contributed by atoms with Crippen molar-refractivity contribution in [2.45, 2.75) is 24.2 Å². The Hall–Kier alpha value is -2.38. The number of rotatable bonds is 7. The molecule has 6 nitrogen and oxygen atoms in total. The van der Waals surface area contributed by atoms with Gasteiger partial charge in [-0.25, -0.2) is 12.7 Å². The molecule has 0 fully saturated rings. The van der Waals surface area contributed by atoms with Gasteiger partial charge in [-0.15, -0.1) is 0 Å². The third kappa shape index (κ3) is 4.62. The normalized spacial score (nSPS) is 12.7. The zero-order valence-electron chi connectivity index (χ0n) is 15.4. The van der Waals surface area contributed by atoms with Gasteiger partial charge in [0.15, 0.2) is 0 Å². The molecule has 1 N–H and O–H groups in total. The summed E-state index contributed by atoms with van der Waals surface area (Å²) in [5, 5.41) is 2.77. The molecule has 2 aromatic rings. The number of carbonyl (C=O) groups excluding carboxylic acids is 1. The molecule has 140 valence electrons. The smallest absolute Gasteiger partial charge is 0.242 e. The van der Waals surface area contributed by atoms with E-state index in [9.17, 15) is 13.2 Å². The number of sulfonamides is 1. The van der Waals surface area contributed by atoms with Gasteiger partial charge in [0.25, 0.3) is 0 Å². The lowest BCUT2D eigenvalue weighted by Crippen LogP contribution is -2.22. The average Bonchev–Trinajstić information content (AvgIpc) is 2.62. The van der Waals surface area contributed by atoms with Crippen molar-refractivity contribution in [2.24, 2.45) is 0 Å². The minimum Gasteiger partial charge on any atom is -0.495 e. The number of amides is 1. The molecule has 1 atom stereocenters. The van der Waals surface area contributed by atoms with E-state index in [-0.39, 0.29) is 23.1 Å². The maximum absolute atomic E-state index is 12.4. The number of ether oxygens (including phenoxy) is 1. The first-order valence-corrected chi connectivity index (χ1v) is 9.65. The Morgan fingerprint density at radius 3 is 2.38 bits per heavy atom. The molecule has 0 saturated carbocycles. The van der Waals surface area contributed by atoms with Gasteiger partial charge < -0.3 is 10.1 Å². The molecule has 1 amide bonds. The maximum atomic E-state index is 12.4. The maximum Gasteiger partial charge on any atom is 0.242 e. The first-order chi connectivity index (χ1) is 12.3. The van der Waals surface area contributed by atoms with Crippen molar-refractivity contribution >= 4 is 21.6 Å². The summed E-state index contributed by atoms with van der Waals surface area (Å²) in [4.78, 5) is 12.5. The summed E-state index contributed by atoms with van der Waals surface area (Å²) in [5.41, 5.74) is 1.40. The molecular formula is C19H24N2O4S. The summed E-state index contributed by atoms with van der Waals surface area (Å²) in [5.74, 6) is 0.235. The molecule has 1 unspecified atom stereocenters. The Balaban J connectivity index is 2.21. The van der Waals surface area contributed by atoms with E-state index in [2.05, 4.69) is 5.32 Å². The first-order valence-electron chi connectivity index (χ1n) is 8.21. The van der Waals surface area contributed by atoms with Crippen molar-refractivity contribution in [3.8, 4) is 5.75 Å². The summed E-state index contributed by atoms with van der Waals surface area (Å²) < 4.78 is 31.0. The van der Waals surface area contributed by atoms with Crippen LogP contribution in [0.5, 0.6) is 5.75 Å². The molecule has 0 spiro atoms. The van der Waals surface area contributed by atoms with Gasteiger partial charge in [-0.05, 0) is 29.7 Å². The van der Waals surface area contributed by atoms with E-state index < -0.39 is 10.0 Å². The highest BCUT2D eigenvalue weighted by Crippen LogP contribution is 2.29. The Bertz CT molecular complexity index is 864. The Labute approximate surface area is 154 Å². The van der Waals surface area contributed by atoms with Gasteiger partial charge in [0.1, 0.15) is 5.75 Å². The number of hydrogen-bond acceptors (Lipinski definition) is 4. The molecule has 0 saturated heterocycles. The number of nitrogens with one attached hydrogen (secondary N) is 1. The van der Waals surface area contributed by atoms with Crippen LogP contribution in [0.4, 0.5) is 5.69 Å². The minimum atomic E-state index is -3.60. The van der Waals surface area contributed by atoms with E-state index in [0.29, 0.717) is 11.4 Å². The molecule has 0 bridgehead atoms. The number of carbonyl (C=O) groups is 1. The third-order valence-electron chi connectivity index (χ3n) is 4.08. The van der Waals surface area contributed by atoms with Gasteiger partial charge in [0.05, 0.1) is 17.7 Å². The molecule has 0 radical (unpaired) electrons. The van der Waals surface area contributed by atoms with E-state index in [1.54, 1.807) is 0 Å². The quantitative estimate of drug-likeness (QED) is 0.806. The number of benzene rings is 2. The fourth-order valence-electron chi connectivity index (χ4n) is 2.53. The lowest BCUT2D eigenvalue weighted by Gasteiger charge is -2.16. The van der Waals surface area contributed by atoms with Crippen molar-refractivity contribution in [3.05, 3.63) is 54.1 Å². The van der Waals surface area contributed by atoms with Crippen LogP contribution in [0.15, 0.2) is 53.4 Å². The van der Waals surface area contributed by atoms with Gasteiger partial charge in [0.2, 0.25) is 15.9 Å². The SMILES string of the molecule is COc1ccc(S(=O)(=O)N(C)C)cc1NC(=O)CC(C)c1ccccc1. The van der Waals surface area contributed by atoms with Crippen LogP contribution in [0.25, 0.3) is 0 Å². The lowest BCUT2D eigenvalue weighted by atomic mass is 9.97. The molecule has 0 aliphatic rings. The Kier molecular flexibility index (Phi) is 6.39. The highest BCUT2D eigenvalue weighted by molar-refractivity contribution is 7.89. The molecule has 0 heterocycles. The zero-order chi connectivity index (χ0) is 19.3. The molecule has 2 rings (SSSR count). The van der Waals surface area contributed by atoms with Crippen LogP contribution < -0.4 is 10.1 Å². The van der Waals surface area contributed by atoms with E-state index >= 15 is 0 Å². The predicted molar refractivity (Wildman–Crippen MR) is 102 cm³/mol. The van der Waals surface area contributed by atoms with Crippen LogP contribution in [0.3, 0.4) is 0 Å². The van der Waals surface area contributed by atoms with Gasteiger partial charge >= 0.3 is 0 Å². The second kappa shape index (κ2) is 8.33. The summed E-state index contributed by atoms with van der Waals surface area (Å²) in [7, 11) is 0.786. The number of methoxy groups -OCH3 is 1. The number of hydrogen-bond donors (Lipinski definition) is 1. The lowest BCUT2D eigenvalue weighted by molar-refractivity contribution is -0.116. The van der Waals surface area contributed by atoms with E-state index in [1.165, 1.54) is 39.4 Å². The van der Waals surface area contributed by atoms with E-state index in [4.69, 9.17) is 4.74 Å². The fourth-order valence-corrected chi connectivity index (χ4v) is 3.46. The second-order valence-corrected chi connectivity index (χ2v) is 8.37. The van der Waals surface area contributed by atoms with Crippen LogP contribution >= 0.6 is 0 Å². The Morgan fingerprint density at radius 2 is 1.81 bits per heavy atom. The van der Waals surface area contributed by atoms with Gasteiger partial charge in [-0.2, -0.15) is 0 Å². The van der Waals surface area contributed by atoms with Crippen molar-refractivity contribution in [1.82, 2.24) is 4.31 Å². The highest BCUT2D eigenvalue weighted by Gasteiger charge is 2.20. The van der Waals surface area contributed by atoms with Crippen LogP contribution in [0, 0.1) is 0 Å². The summed E-state index contributed by atoms with van der Waals surface area (Å²) >= 11 is 0. The van der Waals surface area contributed by atoms with E-state index in [0.717, 1.165) is 9.87 Å². The van der Waals surface area contributed by atoms with Crippen LogP contribution in [0.2, 0.25) is 0 Å². The highest BCUT2D eigenvalue weighted by atomic mass is 32.2. The van der Waals surface area contributed by atoms with Gasteiger partial charge in [-0.3, -0.25) is 4.79 Å². The second-order valence-electron chi connectivity index (χ2n) is 6.21. The van der Waals surface area contributed by atoms with Crippen molar-refractivity contribution < 1.29 is 17.9 Å². The van der Waals surface area contributed by atoms with E-state index in [1.807, 2.05) is 37.3 Å². The summed E-state index contributed by atoms with van der Waals surface area (Å²) in [6, 6.07) is 14.1. The molecule has 0 aliphatic carbocycles. The first kappa shape index (κ1) is 19.9. The van der Waals surface area contributed by atoms with Crippen molar-refractivity contribution in [3.63, 3.8) is 0 Å². The third-order valence-corrected chi connectivity index (χ3v) is 5.89. The largest absolute Gasteiger partial charge is 0.495 e. The average molecular weight is 376 g/mol. The van der Waals surface area contributed by atoms with Crippen LogP contribution in [-0.4, -0.2) is 39.8 Å². The monoisotopic (exact) mass is 376 g/mol. The molecular weight excluding hydrogens is 352 g/mol. The molecule has 0 aliphatic heterocycles. The predicted octanol–water partition coefficient (Wildman–Crippen LogP) is 3.08. The standard InChI is InChI=1S/C19H24N2O4S/c1-14(15-8-6-5-7-9-15)12-19(22)20-17-13-16(10-11-18(17)25-4)26(23,24)21(2)3/h5-11,13-14H,12H2,1-4H3,(H,20,22). The van der Waals surface area contributed by atoms with Crippen LogP contribution in [-0.2, 0) is 14.8 Å². The molecule has 7 heteroatoms.